The molecule has 0 saturated heterocycles. The predicted molar refractivity (Wildman–Crippen MR) is 105 cm³/mol. The number of anilines is 1. The van der Waals surface area contributed by atoms with Gasteiger partial charge < -0.3 is 0 Å². The molecular weight excluding hydrogens is 390 g/mol. The van der Waals surface area contributed by atoms with Crippen molar-refractivity contribution in [1.29, 1.82) is 0 Å². The van der Waals surface area contributed by atoms with E-state index in [9.17, 15) is 13.2 Å². The fourth-order valence-electron chi connectivity index (χ4n) is 2.68. The van der Waals surface area contributed by atoms with E-state index >= 15 is 0 Å². The van der Waals surface area contributed by atoms with Gasteiger partial charge in [-0.15, -0.1) is 11.3 Å². The van der Waals surface area contributed by atoms with Gasteiger partial charge in [-0.05, 0) is 31.2 Å². The number of aryl methyl sites for hydroxylation is 1. The van der Waals surface area contributed by atoms with E-state index < -0.39 is 15.7 Å². The summed E-state index contributed by atoms with van der Waals surface area (Å²) in [5.74, 6) is -0.498. The molecule has 0 spiro atoms. The number of carbonyl (C=O) groups is 1. The van der Waals surface area contributed by atoms with Crippen molar-refractivity contribution in [3.63, 3.8) is 0 Å². The molecule has 0 aliphatic carbocycles. The number of rotatable bonds is 3. The first-order chi connectivity index (χ1) is 12.3. The van der Waals surface area contributed by atoms with Crippen LogP contribution in [0.25, 0.3) is 20.4 Å². The first-order valence-electron chi connectivity index (χ1n) is 7.60. The van der Waals surface area contributed by atoms with Gasteiger partial charge in [0, 0.05) is 6.26 Å². The maximum Gasteiger partial charge on any atom is 0.258 e. The Balaban J connectivity index is 1.74. The quantitative estimate of drug-likeness (QED) is 0.561. The van der Waals surface area contributed by atoms with Gasteiger partial charge in [0.25, 0.3) is 5.91 Å². The van der Waals surface area contributed by atoms with Gasteiger partial charge in [0.05, 0.1) is 35.9 Å². The average molecular weight is 404 g/mol. The molecule has 2 aromatic carbocycles. The molecule has 132 valence electrons. The fourth-order valence-corrected chi connectivity index (χ4v) is 5.57. The van der Waals surface area contributed by atoms with Crippen LogP contribution >= 0.6 is 22.7 Å². The van der Waals surface area contributed by atoms with E-state index in [1.165, 1.54) is 23.5 Å². The van der Waals surface area contributed by atoms with Crippen LogP contribution in [0.1, 0.15) is 15.4 Å². The number of hydrogen-bond acceptors (Lipinski definition) is 7. The van der Waals surface area contributed by atoms with Crippen molar-refractivity contribution < 1.29 is 13.2 Å². The Kier molecular flexibility index (Phi) is 4.02. The van der Waals surface area contributed by atoms with E-state index in [1.807, 2.05) is 19.1 Å². The minimum absolute atomic E-state index is 0.000849. The van der Waals surface area contributed by atoms with E-state index in [-0.39, 0.29) is 10.5 Å². The Morgan fingerprint density at radius 2 is 1.65 bits per heavy atom. The second-order valence-electron chi connectivity index (χ2n) is 5.74. The fraction of sp³-hybridized carbons (Fsp3) is 0.118. The topological polar surface area (TPSA) is 89.0 Å². The molecule has 0 bridgehead atoms. The predicted octanol–water partition coefficient (Wildman–Crippen LogP) is 3.87. The third-order valence-electron chi connectivity index (χ3n) is 3.77. The van der Waals surface area contributed by atoms with Gasteiger partial charge in [-0.1, -0.05) is 23.5 Å². The highest BCUT2D eigenvalue weighted by Gasteiger charge is 2.19. The van der Waals surface area contributed by atoms with E-state index in [4.69, 9.17) is 0 Å². The Bertz CT molecular complexity index is 1270. The Hall–Kier alpha value is -2.36. The van der Waals surface area contributed by atoms with E-state index in [0.29, 0.717) is 5.13 Å². The zero-order valence-electron chi connectivity index (χ0n) is 13.8. The SMILES string of the molecule is Cc1nc2ccc3nc(NC(=O)c4ccccc4S(C)(=O)=O)sc3c2s1. The number of nitrogens with one attached hydrogen (secondary N) is 1. The molecule has 1 amide bonds. The van der Waals surface area contributed by atoms with Crippen LogP contribution in [-0.4, -0.2) is 30.5 Å². The zero-order chi connectivity index (χ0) is 18.5. The molecule has 4 rings (SSSR count). The maximum atomic E-state index is 12.6. The normalized spacial score (nSPS) is 11.9. The summed E-state index contributed by atoms with van der Waals surface area (Å²) in [6, 6.07) is 9.91. The number of thiazole rings is 2. The largest absolute Gasteiger partial charge is 0.298 e. The lowest BCUT2D eigenvalue weighted by atomic mass is 10.2. The van der Waals surface area contributed by atoms with Crippen molar-refractivity contribution in [2.45, 2.75) is 11.8 Å². The lowest BCUT2D eigenvalue weighted by Crippen LogP contribution is -2.15. The molecule has 2 heterocycles. The van der Waals surface area contributed by atoms with Crippen LogP contribution in [0.4, 0.5) is 5.13 Å². The average Bonchev–Trinajstić information content (AvgIpc) is 3.15. The number of fused-ring (bicyclic) bond motifs is 3. The number of nitrogens with zero attached hydrogens (tertiary/aromatic N) is 2. The van der Waals surface area contributed by atoms with Crippen molar-refractivity contribution >= 4 is 64.0 Å². The zero-order valence-corrected chi connectivity index (χ0v) is 16.3. The van der Waals surface area contributed by atoms with Crippen molar-refractivity contribution in [3.05, 3.63) is 47.0 Å². The molecule has 0 aliphatic heterocycles. The molecule has 2 aromatic heterocycles. The number of aromatic nitrogens is 2. The van der Waals surface area contributed by atoms with Gasteiger partial charge in [-0.25, -0.2) is 18.4 Å². The first kappa shape index (κ1) is 17.1. The third kappa shape index (κ3) is 2.98. The van der Waals surface area contributed by atoms with Crippen LogP contribution in [0.3, 0.4) is 0 Å². The van der Waals surface area contributed by atoms with Crippen molar-refractivity contribution in [2.24, 2.45) is 0 Å². The standard InChI is InChI=1S/C17H13N3O3S3/c1-9-18-11-7-8-12-15(14(11)24-9)25-17(19-12)20-16(21)10-5-3-4-6-13(10)26(2,22)23/h3-8H,1-2H3,(H,19,20,21). The molecule has 0 aliphatic rings. The highest BCUT2D eigenvalue weighted by Crippen LogP contribution is 2.36. The first-order valence-corrected chi connectivity index (χ1v) is 11.1. The van der Waals surface area contributed by atoms with Crippen LogP contribution < -0.4 is 5.32 Å². The molecule has 9 heteroatoms. The summed E-state index contributed by atoms with van der Waals surface area (Å²) < 4.78 is 25.8. The lowest BCUT2D eigenvalue weighted by molar-refractivity contribution is 0.102. The van der Waals surface area contributed by atoms with Crippen molar-refractivity contribution in [3.8, 4) is 0 Å². The Morgan fingerprint density at radius 3 is 2.38 bits per heavy atom. The van der Waals surface area contributed by atoms with Crippen LogP contribution in [0.2, 0.25) is 0 Å². The summed E-state index contributed by atoms with van der Waals surface area (Å²) in [5.41, 5.74) is 1.79. The van der Waals surface area contributed by atoms with Gasteiger partial charge in [0.15, 0.2) is 15.0 Å². The van der Waals surface area contributed by atoms with Gasteiger partial charge in [0.2, 0.25) is 0 Å². The molecule has 0 radical (unpaired) electrons. The van der Waals surface area contributed by atoms with E-state index in [2.05, 4.69) is 15.3 Å². The van der Waals surface area contributed by atoms with E-state index in [1.54, 1.807) is 23.5 Å². The summed E-state index contributed by atoms with van der Waals surface area (Å²) in [6.45, 7) is 1.95. The highest BCUT2D eigenvalue weighted by molar-refractivity contribution is 7.90. The third-order valence-corrected chi connectivity index (χ3v) is 7.06. The van der Waals surface area contributed by atoms with Gasteiger partial charge in [0.1, 0.15) is 0 Å². The highest BCUT2D eigenvalue weighted by atomic mass is 32.2. The summed E-state index contributed by atoms with van der Waals surface area (Å²) >= 11 is 2.94. The van der Waals surface area contributed by atoms with Crippen molar-refractivity contribution in [2.75, 3.05) is 11.6 Å². The van der Waals surface area contributed by atoms with Crippen LogP contribution in [0.5, 0.6) is 0 Å². The molecular formula is C17H13N3O3S3. The molecule has 26 heavy (non-hydrogen) atoms. The number of benzene rings is 2. The van der Waals surface area contributed by atoms with Crippen molar-refractivity contribution in [1.82, 2.24) is 9.97 Å². The van der Waals surface area contributed by atoms with Crippen LogP contribution in [0, 0.1) is 6.92 Å². The summed E-state index contributed by atoms with van der Waals surface area (Å²) in [4.78, 5) is 21.5. The second-order valence-corrected chi connectivity index (χ2v) is 9.92. The van der Waals surface area contributed by atoms with Gasteiger partial charge >= 0.3 is 0 Å². The summed E-state index contributed by atoms with van der Waals surface area (Å²) in [7, 11) is -3.51. The number of sulfone groups is 1. The minimum atomic E-state index is -3.51. The number of carbonyl (C=O) groups excluding carboxylic acids is 1. The molecule has 1 N–H and O–H groups in total. The summed E-state index contributed by atoms with van der Waals surface area (Å²) in [5, 5.41) is 4.11. The molecule has 0 fully saturated rings. The second kappa shape index (κ2) is 6.11. The lowest BCUT2D eigenvalue weighted by Gasteiger charge is -2.06. The summed E-state index contributed by atoms with van der Waals surface area (Å²) in [6.07, 6.45) is 1.08. The molecule has 4 aromatic rings. The van der Waals surface area contributed by atoms with E-state index in [0.717, 1.165) is 31.7 Å². The monoisotopic (exact) mass is 403 g/mol. The van der Waals surface area contributed by atoms with Crippen LogP contribution in [0.15, 0.2) is 41.3 Å². The Labute approximate surface area is 157 Å². The Morgan fingerprint density at radius 1 is 1.00 bits per heavy atom. The molecule has 0 atom stereocenters. The minimum Gasteiger partial charge on any atom is -0.298 e. The van der Waals surface area contributed by atoms with Gasteiger partial charge in [-0.3, -0.25) is 10.1 Å². The smallest absolute Gasteiger partial charge is 0.258 e. The molecule has 0 unspecified atom stereocenters. The molecule has 6 nitrogen and oxygen atoms in total. The number of amides is 1. The van der Waals surface area contributed by atoms with Gasteiger partial charge in [-0.2, -0.15) is 0 Å². The number of hydrogen-bond donors (Lipinski definition) is 1. The molecule has 0 saturated carbocycles. The van der Waals surface area contributed by atoms with Crippen LogP contribution in [-0.2, 0) is 9.84 Å². The maximum absolute atomic E-state index is 12.6.